The lowest BCUT2D eigenvalue weighted by Gasteiger charge is -2.13. The lowest BCUT2D eigenvalue weighted by Crippen LogP contribution is -2.08. The normalized spacial score (nSPS) is 15.2. The van der Waals surface area contributed by atoms with Crippen molar-refractivity contribution in [1.82, 2.24) is 0 Å². The van der Waals surface area contributed by atoms with E-state index in [0.29, 0.717) is 43.3 Å². The number of benzene rings is 1. The van der Waals surface area contributed by atoms with Crippen LogP contribution in [0.4, 0.5) is 13.2 Å². The van der Waals surface area contributed by atoms with Gasteiger partial charge in [0.1, 0.15) is 5.75 Å². The summed E-state index contributed by atoms with van der Waals surface area (Å²) < 4.78 is 49.1. The summed E-state index contributed by atoms with van der Waals surface area (Å²) >= 11 is 0. The molecular weight excluding hydrogens is 281 g/mol. The third kappa shape index (κ3) is 5.58. The third-order valence-corrected chi connectivity index (χ3v) is 3.59. The van der Waals surface area contributed by atoms with Crippen LogP contribution < -0.4 is 4.74 Å². The zero-order chi connectivity index (χ0) is 15.3. The number of rotatable bonds is 8. The fraction of sp³-hybridized carbons (Fsp3) is 0.625. The van der Waals surface area contributed by atoms with Crippen LogP contribution in [0.1, 0.15) is 36.8 Å². The average Bonchev–Trinajstić information content (AvgIpc) is 3.24. The maximum atomic E-state index is 12.9. The minimum atomic E-state index is -4.33. The molecule has 0 N–H and O–H groups in total. The van der Waals surface area contributed by atoms with Crippen LogP contribution in [0.25, 0.3) is 0 Å². The van der Waals surface area contributed by atoms with Gasteiger partial charge in [0.2, 0.25) is 0 Å². The molecular formula is C16H21F3O2. The number of hydrogen-bond acceptors (Lipinski definition) is 2. The Morgan fingerprint density at radius 2 is 1.90 bits per heavy atom. The number of methoxy groups -OCH3 is 1. The van der Waals surface area contributed by atoms with Gasteiger partial charge in [-0.05, 0) is 42.5 Å². The first-order valence-electron chi connectivity index (χ1n) is 7.32. The summed E-state index contributed by atoms with van der Waals surface area (Å²) in [6.45, 7) is 0.894. The van der Waals surface area contributed by atoms with E-state index >= 15 is 0 Å². The summed E-state index contributed by atoms with van der Waals surface area (Å²) in [6, 6.07) is 4.04. The van der Waals surface area contributed by atoms with Gasteiger partial charge in [-0.15, -0.1) is 0 Å². The summed E-state index contributed by atoms with van der Waals surface area (Å²) in [5.74, 6) is 0.998. The van der Waals surface area contributed by atoms with Gasteiger partial charge in [0, 0.05) is 20.1 Å². The van der Waals surface area contributed by atoms with Crippen molar-refractivity contribution in [3.63, 3.8) is 0 Å². The Morgan fingerprint density at radius 3 is 2.52 bits per heavy atom. The van der Waals surface area contributed by atoms with E-state index in [-0.39, 0.29) is 0 Å². The van der Waals surface area contributed by atoms with Gasteiger partial charge in [-0.3, -0.25) is 0 Å². The van der Waals surface area contributed by atoms with E-state index < -0.39 is 11.7 Å². The Balaban J connectivity index is 2.03. The first-order valence-corrected chi connectivity index (χ1v) is 7.32. The topological polar surface area (TPSA) is 18.5 Å². The lowest BCUT2D eigenvalue weighted by atomic mass is 10.0. The van der Waals surface area contributed by atoms with E-state index in [1.807, 2.05) is 0 Å². The van der Waals surface area contributed by atoms with Crippen LogP contribution >= 0.6 is 0 Å². The molecule has 1 aliphatic rings. The van der Waals surface area contributed by atoms with Crippen LogP contribution in [-0.2, 0) is 17.3 Å². The Labute approximate surface area is 123 Å². The molecule has 1 saturated carbocycles. The van der Waals surface area contributed by atoms with E-state index in [1.54, 1.807) is 13.2 Å². The van der Waals surface area contributed by atoms with Crippen molar-refractivity contribution in [2.24, 2.45) is 5.92 Å². The number of alkyl halides is 3. The molecule has 1 fully saturated rings. The smallest absolute Gasteiger partial charge is 0.416 e. The Hall–Kier alpha value is -1.23. The second-order valence-corrected chi connectivity index (χ2v) is 5.54. The highest BCUT2D eigenvalue weighted by Gasteiger charge is 2.31. The van der Waals surface area contributed by atoms with Crippen LogP contribution in [0.15, 0.2) is 18.2 Å². The van der Waals surface area contributed by atoms with Crippen LogP contribution in [0.2, 0.25) is 0 Å². The summed E-state index contributed by atoms with van der Waals surface area (Å²) in [5.41, 5.74) is 0.0796. The lowest BCUT2D eigenvalue weighted by molar-refractivity contribution is -0.137. The maximum Gasteiger partial charge on any atom is 0.416 e. The predicted molar refractivity (Wildman–Crippen MR) is 74.5 cm³/mol. The molecule has 1 aliphatic carbocycles. The van der Waals surface area contributed by atoms with Crippen molar-refractivity contribution < 1.29 is 22.6 Å². The van der Waals surface area contributed by atoms with E-state index in [9.17, 15) is 13.2 Å². The molecule has 21 heavy (non-hydrogen) atoms. The van der Waals surface area contributed by atoms with Crippen molar-refractivity contribution >= 4 is 0 Å². The fourth-order valence-electron chi connectivity index (χ4n) is 2.22. The Kier molecular flexibility index (Phi) is 5.51. The molecule has 5 heteroatoms. The van der Waals surface area contributed by atoms with Gasteiger partial charge in [0.05, 0.1) is 12.2 Å². The number of ether oxygens (including phenoxy) is 2. The van der Waals surface area contributed by atoms with Gasteiger partial charge in [-0.25, -0.2) is 0 Å². The molecule has 0 radical (unpaired) electrons. The molecule has 0 heterocycles. The van der Waals surface area contributed by atoms with Gasteiger partial charge < -0.3 is 9.47 Å². The highest BCUT2D eigenvalue weighted by molar-refractivity contribution is 5.36. The second kappa shape index (κ2) is 7.16. The molecule has 0 unspecified atom stereocenters. The largest absolute Gasteiger partial charge is 0.493 e. The summed E-state index contributed by atoms with van der Waals surface area (Å²) in [4.78, 5) is 0. The number of hydrogen-bond donors (Lipinski definition) is 0. The zero-order valence-corrected chi connectivity index (χ0v) is 12.2. The van der Waals surface area contributed by atoms with Crippen LogP contribution in [0.5, 0.6) is 5.75 Å². The molecule has 0 spiro atoms. The molecule has 0 aliphatic heterocycles. The van der Waals surface area contributed by atoms with Crippen molar-refractivity contribution in [2.75, 3.05) is 20.3 Å². The Morgan fingerprint density at radius 1 is 1.14 bits per heavy atom. The minimum absolute atomic E-state index is 0.298. The van der Waals surface area contributed by atoms with E-state index in [1.165, 1.54) is 18.9 Å². The van der Waals surface area contributed by atoms with E-state index in [2.05, 4.69) is 0 Å². The van der Waals surface area contributed by atoms with Crippen LogP contribution in [0.3, 0.4) is 0 Å². The molecule has 118 valence electrons. The summed E-state index contributed by atoms with van der Waals surface area (Å²) in [7, 11) is 1.58. The highest BCUT2D eigenvalue weighted by atomic mass is 19.4. The van der Waals surface area contributed by atoms with Gasteiger partial charge in [-0.2, -0.15) is 13.2 Å². The van der Waals surface area contributed by atoms with Crippen molar-refractivity contribution in [1.29, 1.82) is 0 Å². The minimum Gasteiger partial charge on any atom is -0.493 e. The van der Waals surface area contributed by atoms with Crippen LogP contribution in [-0.4, -0.2) is 20.3 Å². The van der Waals surface area contributed by atoms with Crippen molar-refractivity contribution in [3.05, 3.63) is 29.3 Å². The standard InChI is InChI=1S/C16H21F3O2/c1-20-7-2-8-21-15-10-13(6-5-12-3-4-12)9-14(11-15)16(17,18)19/h9-12H,2-8H2,1H3. The van der Waals surface area contributed by atoms with Gasteiger partial charge in [0.15, 0.2) is 0 Å². The fourth-order valence-corrected chi connectivity index (χ4v) is 2.22. The van der Waals surface area contributed by atoms with Gasteiger partial charge in [0.25, 0.3) is 0 Å². The molecule has 0 atom stereocenters. The first-order chi connectivity index (χ1) is 9.99. The molecule has 0 aromatic heterocycles. The summed E-state index contributed by atoms with van der Waals surface area (Å²) in [6.07, 6.45) is 0.385. The third-order valence-electron chi connectivity index (χ3n) is 3.59. The highest BCUT2D eigenvalue weighted by Crippen LogP contribution is 2.36. The molecule has 0 bridgehead atoms. The van der Waals surface area contributed by atoms with Crippen molar-refractivity contribution in [3.8, 4) is 5.75 Å². The zero-order valence-electron chi connectivity index (χ0n) is 12.2. The van der Waals surface area contributed by atoms with Crippen LogP contribution in [0, 0.1) is 5.92 Å². The quantitative estimate of drug-likeness (QED) is 0.660. The average molecular weight is 302 g/mol. The van der Waals surface area contributed by atoms with E-state index in [4.69, 9.17) is 9.47 Å². The van der Waals surface area contributed by atoms with Gasteiger partial charge in [-0.1, -0.05) is 12.8 Å². The van der Waals surface area contributed by atoms with Crippen molar-refractivity contribution in [2.45, 2.75) is 38.3 Å². The Bertz CT molecular complexity index is 453. The predicted octanol–water partition coefficient (Wildman–Crippen LogP) is 4.46. The summed E-state index contributed by atoms with van der Waals surface area (Å²) in [5, 5.41) is 0. The first kappa shape index (κ1) is 16.1. The maximum absolute atomic E-state index is 12.9. The van der Waals surface area contributed by atoms with E-state index in [0.717, 1.165) is 12.5 Å². The molecule has 1 aromatic rings. The monoisotopic (exact) mass is 302 g/mol. The molecule has 0 amide bonds. The molecule has 1 aromatic carbocycles. The number of aryl methyl sites for hydroxylation is 1. The second-order valence-electron chi connectivity index (χ2n) is 5.54. The molecule has 2 rings (SSSR count). The molecule has 2 nitrogen and oxygen atoms in total. The molecule has 0 saturated heterocycles. The van der Waals surface area contributed by atoms with Gasteiger partial charge >= 0.3 is 6.18 Å². The number of halogens is 3. The SMILES string of the molecule is COCCCOc1cc(CCC2CC2)cc(C(F)(F)F)c1.